The molecule has 10 heteroatoms. The van der Waals surface area contributed by atoms with E-state index in [1.165, 1.54) is 15.6 Å². The van der Waals surface area contributed by atoms with Crippen LogP contribution in [0.25, 0.3) is 10.1 Å². The predicted molar refractivity (Wildman–Crippen MR) is 140 cm³/mol. The highest BCUT2D eigenvalue weighted by atomic mass is 32.2. The number of hydrogen-bond donors (Lipinski definition) is 2. The summed E-state index contributed by atoms with van der Waals surface area (Å²) in [7, 11) is -3.64. The van der Waals surface area contributed by atoms with Crippen molar-refractivity contribution >= 4 is 43.3 Å². The standard InChI is InChI=1S/C26H31N3O5S2/c1-18(2)14-22(28-26(31)24-15-19-8-6-7-11-23(19)35-24)25(30)27-16-20-17-29(12-13-34-20)36(32,33)21-9-4-3-5-10-21/h3-11,15,18,20,22H,12-14,16-17H2,1-2H3,(H,27,30)(H,28,31)/t20-,22+/m1/s1. The van der Waals surface area contributed by atoms with Gasteiger partial charge in [-0.1, -0.05) is 50.2 Å². The van der Waals surface area contributed by atoms with Crippen LogP contribution in [0, 0.1) is 5.92 Å². The van der Waals surface area contributed by atoms with Crippen molar-refractivity contribution in [3.8, 4) is 0 Å². The lowest BCUT2D eigenvalue weighted by atomic mass is 10.0. The second-order valence-electron chi connectivity index (χ2n) is 9.22. The molecule has 2 heterocycles. The fourth-order valence-electron chi connectivity index (χ4n) is 4.14. The molecule has 1 aliphatic rings. The number of morpholine rings is 1. The van der Waals surface area contributed by atoms with Gasteiger partial charge in [0.2, 0.25) is 15.9 Å². The maximum atomic E-state index is 13.1. The van der Waals surface area contributed by atoms with Crippen LogP contribution in [-0.2, 0) is 19.6 Å². The van der Waals surface area contributed by atoms with E-state index >= 15 is 0 Å². The highest BCUT2D eigenvalue weighted by molar-refractivity contribution is 7.89. The molecule has 1 fully saturated rings. The van der Waals surface area contributed by atoms with Crippen molar-refractivity contribution < 1.29 is 22.7 Å². The SMILES string of the molecule is CC(C)C[C@H](NC(=O)c1cc2ccccc2s1)C(=O)NC[C@@H]1CN(S(=O)(=O)c2ccccc2)CCO1. The predicted octanol–water partition coefficient (Wildman–Crippen LogP) is 3.25. The molecule has 36 heavy (non-hydrogen) atoms. The van der Waals surface area contributed by atoms with Gasteiger partial charge >= 0.3 is 0 Å². The Labute approximate surface area is 215 Å². The van der Waals surface area contributed by atoms with Crippen LogP contribution in [0.4, 0.5) is 0 Å². The van der Waals surface area contributed by atoms with Crippen molar-refractivity contribution in [2.24, 2.45) is 5.92 Å². The van der Waals surface area contributed by atoms with Crippen LogP contribution in [0.5, 0.6) is 0 Å². The van der Waals surface area contributed by atoms with Crippen LogP contribution >= 0.6 is 11.3 Å². The van der Waals surface area contributed by atoms with Crippen molar-refractivity contribution in [2.45, 2.75) is 37.3 Å². The first kappa shape index (κ1) is 26.3. The fourth-order valence-corrected chi connectivity index (χ4v) is 6.58. The number of rotatable bonds is 9. The Morgan fingerprint density at radius 1 is 1.11 bits per heavy atom. The number of hydrogen-bond acceptors (Lipinski definition) is 6. The molecule has 1 saturated heterocycles. The molecular formula is C26H31N3O5S2. The molecule has 4 rings (SSSR count). The Kier molecular flexibility index (Phi) is 8.40. The maximum absolute atomic E-state index is 13.1. The summed E-state index contributed by atoms with van der Waals surface area (Å²) in [5.41, 5.74) is 0. The van der Waals surface area contributed by atoms with Crippen molar-refractivity contribution in [1.29, 1.82) is 0 Å². The van der Waals surface area contributed by atoms with Gasteiger partial charge in [-0.25, -0.2) is 8.42 Å². The first-order valence-electron chi connectivity index (χ1n) is 12.0. The quantitative estimate of drug-likeness (QED) is 0.443. The third-order valence-corrected chi connectivity index (χ3v) is 8.96. The van der Waals surface area contributed by atoms with Crippen molar-refractivity contribution in [1.82, 2.24) is 14.9 Å². The number of fused-ring (bicyclic) bond motifs is 1. The van der Waals surface area contributed by atoms with Crippen LogP contribution in [-0.4, -0.2) is 62.9 Å². The van der Waals surface area contributed by atoms with Gasteiger partial charge in [0.25, 0.3) is 5.91 Å². The summed E-state index contributed by atoms with van der Waals surface area (Å²) in [5.74, 6) is -0.420. The Hall–Kier alpha value is -2.79. The molecule has 2 atom stereocenters. The van der Waals surface area contributed by atoms with Gasteiger partial charge in [-0.3, -0.25) is 9.59 Å². The summed E-state index contributed by atoms with van der Waals surface area (Å²) in [6, 6.07) is 17.2. The van der Waals surface area contributed by atoms with E-state index in [1.807, 2.05) is 44.2 Å². The number of carbonyl (C=O) groups is 2. The average molecular weight is 530 g/mol. The first-order valence-corrected chi connectivity index (χ1v) is 14.2. The van der Waals surface area contributed by atoms with E-state index < -0.39 is 22.2 Å². The number of thiophene rings is 1. The van der Waals surface area contributed by atoms with Crippen LogP contribution in [0.15, 0.2) is 65.6 Å². The number of sulfonamides is 1. The molecule has 1 aliphatic heterocycles. The molecule has 192 valence electrons. The lowest BCUT2D eigenvalue weighted by Crippen LogP contribution is -2.52. The Morgan fingerprint density at radius 3 is 2.56 bits per heavy atom. The minimum Gasteiger partial charge on any atom is -0.374 e. The molecule has 0 radical (unpaired) electrons. The summed E-state index contributed by atoms with van der Waals surface area (Å²) >= 11 is 1.39. The summed E-state index contributed by atoms with van der Waals surface area (Å²) < 4.78 is 34.0. The number of benzene rings is 2. The Bertz CT molecular complexity index is 1270. The van der Waals surface area contributed by atoms with Crippen LogP contribution in [0.3, 0.4) is 0 Å². The molecular weight excluding hydrogens is 498 g/mol. The number of amides is 2. The average Bonchev–Trinajstić information content (AvgIpc) is 3.32. The van der Waals surface area contributed by atoms with Gasteiger partial charge in [0, 0.05) is 24.3 Å². The highest BCUT2D eigenvalue weighted by Gasteiger charge is 2.31. The van der Waals surface area contributed by atoms with Gasteiger partial charge in [-0.2, -0.15) is 4.31 Å². The maximum Gasteiger partial charge on any atom is 0.262 e. The van der Waals surface area contributed by atoms with E-state index in [2.05, 4.69) is 10.6 Å². The van der Waals surface area contributed by atoms with Gasteiger partial charge < -0.3 is 15.4 Å². The lowest BCUT2D eigenvalue weighted by molar-refractivity contribution is -0.124. The Balaban J connectivity index is 1.37. The summed E-state index contributed by atoms with van der Waals surface area (Å²) in [4.78, 5) is 26.8. The van der Waals surface area contributed by atoms with Crippen LogP contribution < -0.4 is 10.6 Å². The largest absolute Gasteiger partial charge is 0.374 e. The molecule has 8 nitrogen and oxygen atoms in total. The zero-order valence-electron chi connectivity index (χ0n) is 20.3. The smallest absolute Gasteiger partial charge is 0.262 e. The van der Waals surface area contributed by atoms with E-state index in [4.69, 9.17) is 4.74 Å². The molecule has 0 aliphatic carbocycles. The molecule has 2 N–H and O–H groups in total. The van der Waals surface area contributed by atoms with E-state index in [1.54, 1.807) is 30.3 Å². The summed E-state index contributed by atoms with van der Waals surface area (Å²) in [6.07, 6.45) is -0.0122. The van der Waals surface area contributed by atoms with Gasteiger partial charge in [-0.05, 0) is 42.0 Å². The molecule has 2 amide bonds. The minimum absolute atomic E-state index is 0.139. The van der Waals surface area contributed by atoms with Gasteiger partial charge in [0.1, 0.15) is 6.04 Å². The van der Waals surface area contributed by atoms with Gasteiger partial charge in [-0.15, -0.1) is 11.3 Å². The summed E-state index contributed by atoms with van der Waals surface area (Å²) in [6.45, 7) is 4.76. The molecule has 0 bridgehead atoms. The third-order valence-electron chi connectivity index (χ3n) is 5.96. The molecule has 3 aromatic rings. The van der Waals surface area contributed by atoms with Crippen LogP contribution in [0.2, 0.25) is 0 Å². The molecule has 1 aromatic heterocycles. The molecule has 0 unspecified atom stereocenters. The Morgan fingerprint density at radius 2 is 1.83 bits per heavy atom. The van der Waals surface area contributed by atoms with Crippen molar-refractivity contribution in [3.05, 3.63) is 65.5 Å². The fraction of sp³-hybridized carbons (Fsp3) is 0.385. The topological polar surface area (TPSA) is 105 Å². The number of nitrogens with one attached hydrogen (secondary N) is 2. The lowest BCUT2D eigenvalue weighted by Gasteiger charge is -2.32. The first-order chi connectivity index (χ1) is 17.2. The molecule has 0 spiro atoms. The normalized spacial score (nSPS) is 17.7. The second-order valence-corrected chi connectivity index (χ2v) is 12.2. The second kappa shape index (κ2) is 11.5. The van der Waals surface area contributed by atoms with Gasteiger partial charge in [0.15, 0.2) is 0 Å². The van der Waals surface area contributed by atoms with E-state index in [0.717, 1.165) is 10.1 Å². The third kappa shape index (κ3) is 6.31. The number of ether oxygens (including phenoxy) is 1. The zero-order chi connectivity index (χ0) is 25.7. The molecule has 0 saturated carbocycles. The van der Waals surface area contributed by atoms with Crippen LogP contribution in [0.1, 0.15) is 29.9 Å². The minimum atomic E-state index is -3.64. The monoisotopic (exact) mass is 529 g/mol. The van der Waals surface area contributed by atoms with Gasteiger partial charge in [0.05, 0.1) is 22.5 Å². The number of nitrogens with zero attached hydrogens (tertiary/aromatic N) is 1. The van der Waals surface area contributed by atoms with Crippen molar-refractivity contribution in [2.75, 3.05) is 26.2 Å². The van der Waals surface area contributed by atoms with E-state index in [0.29, 0.717) is 11.3 Å². The highest BCUT2D eigenvalue weighted by Crippen LogP contribution is 2.25. The van der Waals surface area contributed by atoms with E-state index in [9.17, 15) is 18.0 Å². The number of carbonyl (C=O) groups excluding carboxylic acids is 2. The van der Waals surface area contributed by atoms with Crippen molar-refractivity contribution in [3.63, 3.8) is 0 Å². The zero-order valence-corrected chi connectivity index (χ0v) is 22.0. The summed E-state index contributed by atoms with van der Waals surface area (Å²) in [5, 5.41) is 6.72. The molecule has 2 aromatic carbocycles. The van der Waals surface area contributed by atoms with E-state index in [-0.39, 0.29) is 48.9 Å².